The normalized spacial score (nSPS) is 12.8. The molecule has 0 rings (SSSR count). The van der Waals surface area contributed by atoms with Crippen LogP contribution in [-0.4, -0.2) is 11.7 Å². The standard InChI is InChI=1S/C18H38O/c1-3-5-7-9-11-13-15-18(16-17-19)14-12-10-8-6-4-2/h18-19H,3-17H2,1-2H3. The van der Waals surface area contributed by atoms with Crippen molar-refractivity contribution < 1.29 is 5.11 Å². The van der Waals surface area contributed by atoms with Gasteiger partial charge in [-0.05, 0) is 12.3 Å². The third-order valence-electron chi connectivity index (χ3n) is 4.22. The lowest BCUT2D eigenvalue weighted by Gasteiger charge is -2.15. The van der Waals surface area contributed by atoms with Crippen LogP contribution in [-0.2, 0) is 0 Å². The summed E-state index contributed by atoms with van der Waals surface area (Å²) in [5.74, 6) is 0.790. The molecule has 0 saturated heterocycles. The first-order chi connectivity index (χ1) is 9.35. The highest BCUT2D eigenvalue weighted by molar-refractivity contribution is 4.60. The Kier molecular flexibility index (Phi) is 16.0. The average molecular weight is 271 g/mol. The van der Waals surface area contributed by atoms with Crippen molar-refractivity contribution >= 4 is 0 Å². The molecule has 0 aliphatic rings. The molecule has 0 aromatic heterocycles. The predicted octanol–water partition coefficient (Wildman–Crippen LogP) is 6.10. The molecule has 0 spiro atoms. The molecule has 0 amide bonds. The predicted molar refractivity (Wildman–Crippen MR) is 86.6 cm³/mol. The Hall–Kier alpha value is -0.0400. The molecule has 1 atom stereocenters. The smallest absolute Gasteiger partial charge is 0.0433 e. The SMILES string of the molecule is CCCCCCCCC(CCO)CCCCCCC. The average Bonchev–Trinajstić information content (AvgIpc) is 2.42. The molecule has 0 fully saturated rings. The zero-order chi connectivity index (χ0) is 14.2. The fourth-order valence-corrected chi connectivity index (χ4v) is 2.87. The van der Waals surface area contributed by atoms with Gasteiger partial charge in [0.25, 0.3) is 0 Å². The summed E-state index contributed by atoms with van der Waals surface area (Å²) in [4.78, 5) is 0. The molecule has 0 heterocycles. The fraction of sp³-hybridized carbons (Fsp3) is 1.00. The highest BCUT2D eigenvalue weighted by Gasteiger charge is 2.07. The first-order valence-electron chi connectivity index (χ1n) is 8.96. The van der Waals surface area contributed by atoms with Gasteiger partial charge in [0.1, 0.15) is 0 Å². The van der Waals surface area contributed by atoms with Gasteiger partial charge in [0.15, 0.2) is 0 Å². The largest absolute Gasteiger partial charge is 0.396 e. The minimum Gasteiger partial charge on any atom is -0.396 e. The second-order valence-electron chi connectivity index (χ2n) is 6.14. The van der Waals surface area contributed by atoms with Crippen LogP contribution in [0.15, 0.2) is 0 Å². The third kappa shape index (κ3) is 14.2. The third-order valence-corrected chi connectivity index (χ3v) is 4.22. The van der Waals surface area contributed by atoms with Gasteiger partial charge in [-0.15, -0.1) is 0 Å². The molecular weight excluding hydrogens is 232 g/mol. The zero-order valence-corrected chi connectivity index (χ0v) is 13.6. The van der Waals surface area contributed by atoms with Crippen molar-refractivity contribution in [3.63, 3.8) is 0 Å². The van der Waals surface area contributed by atoms with Crippen LogP contribution in [0.25, 0.3) is 0 Å². The summed E-state index contributed by atoms with van der Waals surface area (Å²) in [6.07, 6.45) is 19.0. The summed E-state index contributed by atoms with van der Waals surface area (Å²) in [5, 5.41) is 9.15. The van der Waals surface area contributed by atoms with Gasteiger partial charge in [0.2, 0.25) is 0 Å². The summed E-state index contributed by atoms with van der Waals surface area (Å²) in [5.41, 5.74) is 0. The van der Waals surface area contributed by atoms with E-state index >= 15 is 0 Å². The molecule has 0 radical (unpaired) electrons. The lowest BCUT2D eigenvalue weighted by Crippen LogP contribution is -2.03. The molecule has 0 aromatic carbocycles. The van der Waals surface area contributed by atoms with E-state index in [4.69, 9.17) is 5.11 Å². The van der Waals surface area contributed by atoms with Crippen molar-refractivity contribution in [3.8, 4) is 0 Å². The number of unbranched alkanes of at least 4 members (excludes halogenated alkanes) is 9. The highest BCUT2D eigenvalue weighted by atomic mass is 16.3. The van der Waals surface area contributed by atoms with Crippen LogP contribution >= 0.6 is 0 Å². The van der Waals surface area contributed by atoms with Gasteiger partial charge in [-0.1, -0.05) is 97.3 Å². The van der Waals surface area contributed by atoms with Gasteiger partial charge in [-0.25, -0.2) is 0 Å². The maximum atomic E-state index is 9.15. The Balaban J connectivity index is 3.45. The van der Waals surface area contributed by atoms with E-state index in [-0.39, 0.29) is 0 Å². The first kappa shape index (κ1) is 19.0. The Morgan fingerprint density at radius 3 is 1.42 bits per heavy atom. The van der Waals surface area contributed by atoms with Crippen LogP contribution in [0, 0.1) is 5.92 Å². The minimum atomic E-state index is 0.384. The molecule has 0 saturated carbocycles. The van der Waals surface area contributed by atoms with Crippen molar-refractivity contribution in [1.82, 2.24) is 0 Å². The van der Waals surface area contributed by atoms with Crippen molar-refractivity contribution in [2.45, 2.75) is 104 Å². The molecule has 1 heteroatoms. The number of hydrogen-bond donors (Lipinski definition) is 1. The van der Waals surface area contributed by atoms with E-state index in [1.54, 1.807) is 0 Å². The zero-order valence-electron chi connectivity index (χ0n) is 13.6. The Labute approximate surface area is 122 Å². The van der Waals surface area contributed by atoms with E-state index < -0.39 is 0 Å². The van der Waals surface area contributed by atoms with Gasteiger partial charge in [-0.2, -0.15) is 0 Å². The quantitative estimate of drug-likeness (QED) is 0.357. The lowest BCUT2D eigenvalue weighted by atomic mass is 9.92. The van der Waals surface area contributed by atoms with Crippen LogP contribution < -0.4 is 0 Å². The van der Waals surface area contributed by atoms with Gasteiger partial charge >= 0.3 is 0 Å². The van der Waals surface area contributed by atoms with Gasteiger partial charge < -0.3 is 5.11 Å². The van der Waals surface area contributed by atoms with Crippen molar-refractivity contribution in [1.29, 1.82) is 0 Å². The second kappa shape index (κ2) is 16.0. The van der Waals surface area contributed by atoms with E-state index in [2.05, 4.69) is 13.8 Å². The number of aliphatic hydroxyl groups excluding tert-OH is 1. The number of hydrogen-bond acceptors (Lipinski definition) is 1. The summed E-state index contributed by atoms with van der Waals surface area (Å²) in [6.45, 7) is 4.93. The maximum absolute atomic E-state index is 9.15. The van der Waals surface area contributed by atoms with E-state index in [1.165, 1.54) is 83.5 Å². The summed E-state index contributed by atoms with van der Waals surface area (Å²) < 4.78 is 0. The van der Waals surface area contributed by atoms with Gasteiger partial charge in [0, 0.05) is 6.61 Å². The molecule has 116 valence electrons. The van der Waals surface area contributed by atoms with Gasteiger partial charge in [-0.3, -0.25) is 0 Å². The first-order valence-corrected chi connectivity index (χ1v) is 8.96. The Bertz CT molecular complexity index is 156. The summed E-state index contributed by atoms with van der Waals surface area (Å²) in [6, 6.07) is 0. The molecule has 0 aliphatic heterocycles. The van der Waals surface area contributed by atoms with Crippen LogP contribution in [0.5, 0.6) is 0 Å². The lowest BCUT2D eigenvalue weighted by molar-refractivity contribution is 0.241. The monoisotopic (exact) mass is 270 g/mol. The second-order valence-corrected chi connectivity index (χ2v) is 6.14. The summed E-state index contributed by atoms with van der Waals surface area (Å²) >= 11 is 0. The van der Waals surface area contributed by atoms with E-state index in [9.17, 15) is 0 Å². The summed E-state index contributed by atoms with van der Waals surface area (Å²) in [7, 11) is 0. The van der Waals surface area contributed by atoms with Crippen LogP contribution in [0.2, 0.25) is 0 Å². The molecule has 1 N–H and O–H groups in total. The highest BCUT2D eigenvalue weighted by Crippen LogP contribution is 2.21. The maximum Gasteiger partial charge on any atom is 0.0433 e. The van der Waals surface area contributed by atoms with Crippen LogP contribution in [0.3, 0.4) is 0 Å². The van der Waals surface area contributed by atoms with Gasteiger partial charge in [0.05, 0.1) is 0 Å². The fourth-order valence-electron chi connectivity index (χ4n) is 2.87. The topological polar surface area (TPSA) is 20.2 Å². The molecule has 19 heavy (non-hydrogen) atoms. The molecule has 1 unspecified atom stereocenters. The molecular formula is C18H38O. The number of rotatable bonds is 15. The number of aliphatic hydroxyl groups is 1. The molecule has 0 bridgehead atoms. The molecule has 0 aromatic rings. The van der Waals surface area contributed by atoms with Crippen molar-refractivity contribution in [3.05, 3.63) is 0 Å². The van der Waals surface area contributed by atoms with Crippen molar-refractivity contribution in [2.75, 3.05) is 6.61 Å². The molecule has 0 aliphatic carbocycles. The van der Waals surface area contributed by atoms with Crippen LogP contribution in [0.4, 0.5) is 0 Å². The van der Waals surface area contributed by atoms with Crippen LogP contribution in [0.1, 0.15) is 104 Å². The minimum absolute atomic E-state index is 0.384. The Morgan fingerprint density at radius 1 is 0.579 bits per heavy atom. The van der Waals surface area contributed by atoms with Crippen molar-refractivity contribution in [2.24, 2.45) is 5.92 Å². The molecule has 1 nitrogen and oxygen atoms in total. The Morgan fingerprint density at radius 2 is 1.00 bits per heavy atom. The van der Waals surface area contributed by atoms with E-state index in [0.717, 1.165) is 12.3 Å². The van der Waals surface area contributed by atoms with E-state index in [1.807, 2.05) is 0 Å². The van der Waals surface area contributed by atoms with E-state index in [0.29, 0.717) is 6.61 Å².